The summed E-state index contributed by atoms with van der Waals surface area (Å²) in [5.74, 6) is -19.0. The highest BCUT2D eigenvalue weighted by atomic mass is 33.1. The highest BCUT2D eigenvalue weighted by Gasteiger charge is 2.38. The molecule has 1 fully saturated rings. The van der Waals surface area contributed by atoms with Crippen LogP contribution in [0.25, 0.3) is 0 Å². The maximum Gasteiger partial charge on any atom is 0.334 e. The first-order valence-electron chi connectivity index (χ1n) is 33.9. The number of amides is 9. The van der Waals surface area contributed by atoms with E-state index in [2.05, 4.69) is 53.8 Å². The molecule has 30 nitrogen and oxygen atoms in total. The van der Waals surface area contributed by atoms with Crippen LogP contribution >= 0.6 is 33.3 Å². The smallest absolute Gasteiger partial charge is 0.334 e. The van der Waals surface area contributed by atoms with Crippen molar-refractivity contribution in [2.24, 2.45) is 17.8 Å². The third kappa shape index (κ3) is 29.6. The molecule has 0 radical (unpaired) electrons. The van der Waals surface area contributed by atoms with Crippen molar-refractivity contribution in [1.82, 2.24) is 47.9 Å². The number of benzene rings is 4. The normalized spacial score (nSPS) is 19.4. The molecule has 15 N–H and O–H groups in total. The van der Waals surface area contributed by atoms with Crippen molar-refractivity contribution in [3.63, 3.8) is 0 Å². The predicted octanol–water partition coefficient (Wildman–Crippen LogP) is 2.21. The van der Waals surface area contributed by atoms with E-state index in [9.17, 15) is 97.8 Å². The number of Topliss-reactive ketones (excluding diaryl/α,β-unsaturated/α-hetero) is 3. The van der Waals surface area contributed by atoms with Gasteiger partial charge in [-0.05, 0) is 102 Å². The van der Waals surface area contributed by atoms with Gasteiger partial charge in [0.1, 0.15) is 53.5 Å². The number of thioether (sulfide) groups is 1. The van der Waals surface area contributed by atoms with Gasteiger partial charge >= 0.3 is 17.9 Å². The monoisotopic (exact) mass is 1520 g/mol. The molecule has 0 bridgehead atoms. The van der Waals surface area contributed by atoms with Crippen LogP contribution in [-0.2, 0) is 97.6 Å². The van der Waals surface area contributed by atoms with E-state index in [4.69, 9.17) is 6.42 Å². The number of carboxylic acids is 3. The van der Waals surface area contributed by atoms with Crippen LogP contribution in [0, 0.1) is 30.1 Å². The molecule has 1 aliphatic rings. The van der Waals surface area contributed by atoms with E-state index in [1.54, 1.807) is 36.6 Å². The minimum atomic E-state index is -2.34. The van der Waals surface area contributed by atoms with Crippen molar-refractivity contribution in [2.45, 2.75) is 159 Å². The van der Waals surface area contributed by atoms with Gasteiger partial charge in [-0.2, -0.15) is 11.8 Å². The third-order valence-electron chi connectivity index (χ3n) is 16.8. The van der Waals surface area contributed by atoms with Gasteiger partial charge in [-0.25, -0.2) is 9.59 Å². The Morgan fingerprint density at radius 2 is 1.14 bits per heavy atom. The van der Waals surface area contributed by atoms with Crippen LogP contribution in [0.4, 0.5) is 0 Å². The first-order valence-corrected chi connectivity index (χ1v) is 37.7. The summed E-state index contributed by atoms with van der Waals surface area (Å²) < 4.78 is 0. The van der Waals surface area contributed by atoms with Gasteiger partial charge < -0.3 is 78.5 Å². The maximum absolute atomic E-state index is 15.2. The molecule has 0 aromatic heterocycles. The molecule has 0 unspecified atom stereocenters. The summed E-state index contributed by atoms with van der Waals surface area (Å²) >= 11 is 1.23. The predicted molar refractivity (Wildman–Crippen MR) is 392 cm³/mol. The average molecular weight is 1520 g/mol. The SMILES string of the molecule is C#CCCCC(=O)N[C@H](Cc1ccc(O)cc1)C(=O)C[C@@H]1CSSC[C@H](C(=O)N[C@H](Cc2ccc(O)cc2)C(=O)N[C@H](CCSC)C(=O)N[C@H](CC(=O)O)C(=O)N[C@@H](C(=O)O)C(C)C)NC(=O)[C@@H](C)CC(=O)[C@@H](Cc2ccc(O)cc2)NC(=O)[C@H](Cc2ccccc2)NC(=O)CCC(=O)[C@@H](C(=O)O)NC1=O. The summed E-state index contributed by atoms with van der Waals surface area (Å²) in [7, 11) is 1.61. The number of ketones is 3. The van der Waals surface area contributed by atoms with Crippen molar-refractivity contribution in [2.75, 3.05) is 23.5 Å². The lowest BCUT2D eigenvalue weighted by Crippen LogP contribution is -2.60. The number of hydrogen-bond donors (Lipinski definition) is 15. The number of carbonyl (C=O) groups excluding carboxylic acids is 12. The number of phenolic OH excluding ortho intramolecular Hbond substituents is 3. The van der Waals surface area contributed by atoms with Crippen molar-refractivity contribution < 1.29 is 103 Å². The zero-order valence-electron chi connectivity index (χ0n) is 58.7. The number of nitrogens with one attached hydrogen (secondary N) is 9. The molecule has 570 valence electrons. The molecule has 106 heavy (non-hydrogen) atoms. The number of hydrogen-bond acceptors (Lipinski definition) is 21. The number of rotatable bonds is 31. The van der Waals surface area contributed by atoms with E-state index in [-0.39, 0.29) is 67.9 Å². The fourth-order valence-electron chi connectivity index (χ4n) is 10.8. The summed E-state index contributed by atoms with van der Waals surface area (Å²) in [5, 5.41) is 82.9. The van der Waals surface area contributed by atoms with Gasteiger partial charge in [0.25, 0.3) is 0 Å². The minimum absolute atomic E-state index is 0.114. The summed E-state index contributed by atoms with van der Waals surface area (Å²) in [4.78, 5) is 209. The molecule has 4 aromatic carbocycles. The van der Waals surface area contributed by atoms with Crippen LogP contribution in [0.1, 0.15) is 101 Å². The van der Waals surface area contributed by atoms with E-state index in [1.165, 1.54) is 105 Å². The largest absolute Gasteiger partial charge is 0.508 e. The lowest BCUT2D eigenvalue weighted by atomic mass is 9.94. The zero-order chi connectivity index (χ0) is 78.2. The molecular weight excluding hydrogens is 1440 g/mol. The molecule has 1 saturated heterocycles. The van der Waals surface area contributed by atoms with Gasteiger partial charge in [-0.3, -0.25) is 62.3 Å². The number of carbonyl (C=O) groups is 15. The highest BCUT2D eigenvalue weighted by Crippen LogP contribution is 2.28. The van der Waals surface area contributed by atoms with E-state index in [0.717, 1.165) is 21.6 Å². The number of terminal acetylenes is 1. The Morgan fingerprint density at radius 1 is 0.594 bits per heavy atom. The quantitative estimate of drug-likeness (QED) is 0.0149. The van der Waals surface area contributed by atoms with Crippen molar-refractivity contribution in [3.8, 4) is 29.6 Å². The minimum Gasteiger partial charge on any atom is -0.508 e. The van der Waals surface area contributed by atoms with Gasteiger partial charge in [-0.1, -0.05) is 109 Å². The van der Waals surface area contributed by atoms with Crippen LogP contribution in [0.15, 0.2) is 103 Å². The molecule has 11 atom stereocenters. The Hall–Kier alpha value is -10.5. The van der Waals surface area contributed by atoms with Crippen LogP contribution in [0.3, 0.4) is 0 Å². The van der Waals surface area contributed by atoms with Gasteiger partial charge in [0.2, 0.25) is 53.2 Å². The van der Waals surface area contributed by atoms with Gasteiger partial charge in [0.05, 0.1) is 24.4 Å². The maximum atomic E-state index is 15.2. The van der Waals surface area contributed by atoms with Gasteiger partial charge in [0, 0.05) is 68.8 Å². The Kier molecular flexibility index (Phi) is 35.6. The number of phenols is 3. The van der Waals surface area contributed by atoms with Crippen LogP contribution in [0.5, 0.6) is 17.2 Å². The van der Waals surface area contributed by atoms with Crippen molar-refractivity contribution in [1.29, 1.82) is 0 Å². The van der Waals surface area contributed by atoms with Crippen LogP contribution in [0.2, 0.25) is 0 Å². The van der Waals surface area contributed by atoms with Crippen molar-refractivity contribution in [3.05, 3.63) is 125 Å². The van der Waals surface area contributed by atoms with E-state index in [0.29, 0.717) is 22.3 Å². The summed E-state index contributed by atoms with van der Waals surface area (Å²) in [6.45, 7) is 4.30. The lowest BCUT2D eigenvalue weighted by molar-refractivity contribution is -0.147. The first kappa shape index (κ1) is 86.2. The molecule has 1 heterocycles. The molecule has 1 aliphatic heterocycles. The Bertz CT molecular complexity index is 3810. The van der Waals surface area contributed by atoms with E-state index in [1.807, 2.05) is 0 Å². The summed E-state index contributed by atoms with van der Waals surface area (Å²) in [6.07, 6.45) is 2.29. The number of carboxylic acid groups (broad SMARTS) is 3. The second kappa shape index (κ2) is 43.7. The Labute approximate surface area is 623 Å². The van der Waals surface area contributed by atoms with Crippen molar-refractivity contribution >= 4 is 122 Å². The molecular formula is C73H89N9O21S3. The number of aromatic hydroxyl groups is 3. The molecule has 5 rings (SSSR count). The lowest BCUT2D eigenvalue weighted by Gasteiger charge is -2.27. The average Bonchev–Trinajstić information content (AvgIpc) is 0.886. The molecule has 0 saturated carbocycles. The Balaban J connectivity index is 1.61. The van der Waals surface area contributed by atoms with E-state index >= 15 is 4.79 Å². The number of aliphatic carboxylic acids is 3. The topological polar surface area (TPSA) is 486 Å². The first-order chi connectivity index (χ1) is 50.3. The van der Waals surface area contributed by atoms with Crippen LogP contribution < -0.4 is 47.9 Å². The molecule has 33 heteroatoms. The highest BCUT2D eigenvalue weighted by molar-refractivity contribution is 8.76. The summed E-state index contributed by atoms with van der Waals surface area (Å²) in [5.41, 5.74) is 1.70. The molecule has 0 aliphatic carbocycles. The fraction of sp³-hybridized carbons (Fsp3) is 0.438. The third-order valence-corrected chi connectivity index (χ3v) is 19.9. The summed E-state index contributed by atoms with van der Waals surface area (Å²) in [6, 6.07) is 9.89. The molecule has 9 amide bonds. The van der Waals surface area contributed by atoms with Crippen LogP contribution in [-0.4, -0.2) is 197 Å². The van der Waals surface area contributed by atoms with E-state index < -0.39 is 211 Å². The zero-order valence-corrected chi connectivity index (χ0v) is 61.1. The molecule has 0 spiro atoms. The Morgan fingerprint density at radius 3 is 1.71 bits per heavy atom. The molecule has 4 aromatic rings. The fourth-order valence-corrected chi connectivity index (χ4v) is 13.8. The second-order valence-electron chi connectivity index (χ2n) is 25.6. The number of unbranched alkanes of at least 4 members (excludes halogenated alkanes) is 1. The van der Waals surface area contributed by atoms with Gasteiger partial charge in [0.15, 0.2) is 23.4 Å². The standard InChI is InChI=1S/C73H89N9O21S3/c1-6-7-9-14-60(89)74-51(32-43-15-21-47(83)22-16-43)59(88)36-46-38-105-106-39-56(71(99)78-54(35-45-19-25-49(85)26-20-45)69(97)76-50(29-30-104-5)67(95)79-55(37-62(91)92)70(98)81-63(40(2)3)72(100)101)80-65(93)41(4)31-58(87)52(33-44-17-23-48(84)24-18-44)77-68(96)53(34-42-12-10-8-11-13-42)75-61(90)28-27-57(86)64(73(102)103)82-66(46)94/h1,8,10-13,15-26,40-41,46,50-56,63-64,83-85H,7,9,14,27-39H2,2-5H3,(H,74,89)(H,75,90)(H,76,97)(H,77,96)(H,78,99)(H,79,95)(H,80,93)(H,81,98)(H,82,94)(H,91,92)(H,100,101)(H,102,103)/t41-,46+,50+,51+,52+,53-,54+,55+,56+,63+,64-/m0/s1. The second-order valence-corrected chi connectivity index (χ2v) is 29.1. The van der Waals surface area contributed by atoms with Gasteiger partial charge in [-0.15, -0.1) is 12.3 Å².